The first-order chi connectivity index (χ1) is 9.10. The summed E-state index contributed by atoms with van der Waals surface area (Å²) in [5.41, 5.74) is 1.43. The lowest BCUT2D eigenvalue weighted by molar-refractivity contribution is 0.415. The SMILES string of the molecule is [B]c1cc(Cl)cc(C=Nc2ccc(OC)cc2)c1O. The third-order valence-corrected chi connectivity index (χ3v) is 2.78. The van der Waals surface area contributed by atoms with Crippen molar-refractivity contribution in [1.82, 2.24) is 0 Å². The summed E-state index contributed by atoms with van der Waals surface area (Å²) in [6.07, 6.45) is 1.51. The van der Waals surface area contributed by atoms with Crippen molar-refractivity contribution in [3.63, 3.8) is 0 Å². The number of aliphatic imine (C=N–C) groups is 1. The van der Waals surface area contributed by atoms with Crippen LogP contribution < -0.4 is 10.2 Å². The van der Waals surface area contributed by atoms with Crippen LogP contribution in [0.4, 0.5) is 5.69 Å². The summed E-state index contributed by atoms with van der Waals surface area (Å²) >= 11 is 5.87. The molecule has 0 aliphatic carbocycles. The number of nitrogens with zero attached hydrogens (tertiary/aromatic N) is 1. The molecule has 1 N–H and O–H groups in total. The second-order valence-electron chi connectivity index (χ2n) is 3.89. The average molecular weight is 272 g/mol. The van der Waals surface area contributed by atoms with Gasteiger partial charge in [0.05, 0.1) is 12.8 Å². The molecule has 5 heteroatoms. The van der Waals surface area contributed by atoms with Crippen molar-refractivity contribution in [2.75, 3.05) is 7.11 Å². The number of benzene rings is 2. The monoisotopic (exact) mass is 271 g/mol. The summed E-state index contributed by atoms with van der Waals surface area (Å²) in [5, 5.41) is 10.2. The Hall–Kier alpha value is -1.94. The van der Waals surface area contributed by atoms with Crippen LogP contribution in [0.3, 0.4) is 0 Å². The molecule has 19 heavy (non-hydrogen) atoms. The Morgan fingerprint density at radius 2 is 1.95 bits per heavy atom. The summed E-state index contributed by atoms with van der Waals surface area (Å²) in [4.78, 5) is 4.24. The maximum Gasteiger partial charge on any atom is 0.119 e. The van der Waals surface area contributed by atoms with E-state index in [-0.39, 0.29) is 11.2 Å². The van der Waals surface area contributed by atoms with E-state index in [0.29, 0.717) is 10.6 Å². The Morgan fingerprint density at radius 1 is 1.26 bits per heavy atom. The van der Waals surface area contributed by atoms with Gasteiger partial charge >= 0.3 is 0 Å². The van der Waals surface area contributed by atoms with Crippen molar-refractivity contribution in [1.29, 1.82) is 0 Å². The fraction of sp³-hybridized carbons (Fsp3) is 0.0714. The molecular weight excluding hydrogens is 260 g/mol. The molecule has 0 atom stereocenters. The highest BCUT2D eigenvalue weighted by Crippen LogP contribution is 2.20. The Labute approximate surface area is 117 Å². The largest absolute Gasteiger partial charge is 0.508 e. The summed E-state index contributed by atoms with van der Waals surface area (Å²) < 4.78 is 5.06. The zero-order chi connectivity index (χ0) is 13.8. The summed E-state index contributed by atoms with van der Waals surface area (Å²) in [5.74, 6) is 0.732. The minimum atomic E-state index is -0.0262. The molecule has 0 unspecified atom stereocenters. The minimum Gasteiger partial charge on any atom is -0.508 e. The smallest absolute Gasteiger partial charge is 0.119 e. The molecule has 0 saturated carbocycles. The predicted molar refractivity (Wildman–Crippen MR) is 78.8 cm³/mol. The van der Waals surface area contributed by atoms with Crippen molar-refractivity contribution in [2.45, 2.75) is 0 Å². The number of methoxy groups -OCH3 is 1. The molecule has 0 spiro atoms. The summed E-state index contributed by atoms with van der Waals surface area (Å²) in [6.45, 7) is 0. The van der Waals surface area contributed by atoms with E-state index < -0.39 is 0 Å². The number of ether oxygens (including phenoxy) is 1. The number of halogens is 1. The molecule has 2 rings (SSSR count). The number of rotatable bonds is 3. The number of aromatic hydroxyl groups is 1. The maximum absolute atomic E-state index is 9.79. The molecule has 2 aromatic rings. The van der Waals surface area contributed by atoms with Gasteiger partial charge in [0.2, 0.25) is 0 Å². The molecule has 0 fully saturated rings. The second-order valence-corrected chi connectivity index (χ2v) is 4.33. The van der Waals surface area contributed by atoms with Gasteiger partial charge in [0.15, 0.2) is 0 Å². The molecule has 2 radical (unpaired) electrons. The number of hydrogen-bond donors (Lipinski definition) is 1. The van der Waals surface area contributed by atoms with Gasteiger partial charge in [0.1, 0.15) is 19.3 Å². The van der Waals surface area contributed by atoms with Crippen LogP contribution >= 0.6 is 11.6 Å². The van der Waals surface area contributed by atoms with Gasteiger partial charge in [0.25, 0.3) is 0 Å². The first-order valence-electron chi connectivity index (χ1n) is 5.56. The van der Waals surface area contributed by atoms with E-state index in [1.807, 2.05) is 0 Å². The molecule has 0 aliphatic rings. The molecule has 0 saturated heterocycles. The lowest BCUT2D eigenvalue weighted by Crippen LogP contribution is -2.04. The van der Waals surface area contributed by atoms with Gasteiger partial charge in [-0.05, 0) is 36.4 Å². The Bertz CT molecular complexity index is 612. The van der Waals surface area contributed by atoms with Crippen molar-refractivity contribution in [3.8, 4) is 11.5 Å². The van der Waals surface area contributed by atoms with Crippen LogP contribution in [0.5, 0.6) is 11.5 Å². The first-order valence-corrected chi connectivity index (χ1v) is 5.94. The zero-order valence-corrected chi connectivity index (χ0v) is 11.1. The Morgan fingerprint density at radius 3 is 2.58 bits per heavy atom. The fourth-order valence-electron chi connectivity index (χ4n) is 1.55. The summed E-state index contributed by atoms with van der Waals surface area (Å²) in [7, 11) is 7.22. The lowest BCUT2D eigenvalue weighted by atomic mass is 9.93. The van der Waals surface area contributed by atoms with E-state index in [0.717, 1.165) is 11.4 Å². The third-order valence-electron chi connectivity index (χ3n) is 2.56. The normalized spacial score (nSPS) is 10.8. The average Bonchev–Trinajstić information content (AvgIpc) is 2.41. The molecule has 94 valence electrons. The first kappa shape index (κ1) is 13.5. The van der Waals surface area contributed by atoms with Crippen molar-refractivity contribution < 1.29 is 9.84 Å². The topological polar surface area (TPSA) is 41.8 Å². The van der Waals surface area contributed by atoms with Crippen molar-refractivity contribution in [3.05, 3.63) is 47.0 Å². The molecule has 0 amide bonds. The van der Waals surface area contributed by atoms with Gasteiger partial charge in [-0.15, -0.1) is 0 Å². The summed E-state index contributed by atoms with van der Waals surface area (Å²) in [6, 6.07) is 10.3. The van der Waals surface area contributed by atoms with E-state index in [4.69, 9.17) is 24.2 Å². The molecule has 0 bridgehead atoms. The van der Waals surface area contributed by atoms with E-state index in [9.17, 15) is 5.11 Å². The number of hydrogen-bond acceptors (Lipinski definition) is 3. The van der Waals surface area contributed by atoms with Crippen LogP contribution in [0, 0.1) is 0 Å². The highest BCUT2D eigenvalue weighted by molar-refractivity contribution is 6.38. The van der Waals surface area contributed by atoms with Crippen LogP contribution in [-0.4, -0.2) is 26.3 Å². The highest BCUT2D eigenvalue weighted by atomic mass is 35.5. The number of phenols is 1. The molecule has 0 aliphatic heterocycles. The Balaban J connectivity index is 2.27. The van der Waals surface area contributed by atoms with E-state index in [2.05, 4.69) is 4.99 Å². The van der Waals surface area contributed by atoms with Crippen LogP contribution in [0.1, 0.15) is 5.56 Å². The predicted octanol–water partition coefficient (Wildman–Crippen LogP) is 2.60. The Kier molecular flexibility index (Phi) is 4.12. The highest BCUT2D eigenvalue weighted by Gasteiger charge is 2.03. The zero-order valence-electron chi connectivity index (χ0n) is 10.3. The third kappa shape index (κ3) is 3.29. The van der Waals surface area contributed by atoms with Crippen molar-refractivity contribution in [2.24, 2.45) is 4.99 Å². The van der Waals surface area contributed by atoms with E-state index >= 15 is 0 Å². The standard InChI is InChI=1S/C14H11BClNO2/c1-19-12-4-2-11(3-5-12)17-8-9-6-10(16)7-13(15)14(9)18/h2-8,18H,1H3. The molecule has 0 heterocycles. The molecule has 2 aromatic carbocycles. The minimum absolute atomic E-state index is 0.0262. The quantitative estimate of drug-likeness (QED) is 0.689. The molecule has 3 nitrogen and oxygen atoms in total. The van der Waals surface area contributed by atoms with Crippen LogP contribution in [0.15, 0.2) is 41.4 Å². The van der Waals surface area contributed by atoms with Crippen molar-refractivity contribution >= 4 is 36.8 Å². The van der Waals surface area contributed by atoms with Gasteiger partial charge in [-0.25, -0.2) is 0 Å². The molecular formula is C14H11BClNO2. The second kappa shape index (κ2) is 5.80. The maximum atomic E-state index is 9.79. The molecule has 0 aromatic heterocycles. The van der Waals surface area contributed by atoms with Gasteiger partial charge in [-0.2, -0.15) is 0 Å². The van der Waals surface area contributed by atoms with E-state index in [1.54, 1.807) is 37.4 Å². The van der Waals surface area contributed by atoms with Gasteiger partial charge < -0.3 is 9.84 Å². The lowest BCUT2D eigenvalue weighted by Gasteiger charge is -2.04. The van der Waals surface area contributed by atoms with Gasteiger partial charge in [-0.3, -0.25) is 4.99 Å². The fourth-order valence-corrected chi connectivity index (χ4v) is 1.79. The van der Waals surface area contributed by atoms with Crippen LogP contribution in [0.2, 0.25) is 5.02 Å². The number of phenolic OH excluding ortho intramolecular Hbond substituents is 1. The van der Waals surface area contributed by atoms with E-state index in [1.165, 1.54) is 12.3 Å². The van der Waals surface area contributed by atoms with Crippen LogP contribution in [0.25, 0.3) is 0 Å². The van der Waals surface area contributed by atoms with Gasteiger partial charge in [-0.1, -0.05) is 17.1 Å². The van der Waals surface area contributed by atoms with Gasteiger partial charge in [0, 0.05) is 16.8 Å². The van der Waals surface area contributed by atoms with Crippen LogP contribution in [-0.2, 0) is 0 Å².